The third-order valence-corrected chi connectivity index (χ3v) is 3.23. The van der Waals surface area contributed by atoms with E-state index in [0.717, 1.165) is 11.5 Å². The van der Waals surface area contributed by atoms with Crippen molar-refractivity contribution in [3.63, 3.8) is 0 Å². The maximum atomic E-state index is 4.08. The molecular formula is C10H9IN4. The van der Waals surface area contributed by atoms with E-state index in [1.807, 2.05) is 16.8 Å². The normalized spacial score (nSPS) is 15.5. The van der Waals surface area contributed by atoms with Crippen molar-refractivity contribution in [2.45, 2.75) is 18.8 Å². The minimum Gasteiger partial charge on any atom is -0.197 e. The summed E-state index contributed by atoms with van der Waals surface area (Å²) in [6.07, 6.45) is 2.43. The second kappa shape index (κ2) is 3.55. The van der Waals surface area contributed by atoms with E-state index in [9.17, 15) is 0 Å². The zero-order valence-electron chi connectivity index (χ0n) is 7.97. The molecule has 0 unspecified atom stereocenters. The number of hydrogen-bond acceptors (Lipinski definition) is 3. The zero-order valence-corrected chi connectivity index (χ0v) is 10.1. The van der Waals surface area contributed by atoms with Crippen LogP contribution >= 0.6 is 22.6 Å². The van der Waals surface area contributed by atoms with Crippen LogP contribution in [0.25, 0.3) is 5.69 Å². The lowest BCUT2D eigenvalue weighted by molar-refractivity contribution is 0.763. The van der Waals surface area contributed by atoms with Crippen LogP contribution in [-0.2, 0) is 0 Å². The summed E-state index contributed by atoms with van der Waals surface area (Å²) in [6.45, 7) is 0. The topological polar surface area (TPSA) is 43.6 Å². The highest BCUT2D eigenvalue weighted by atomic mass is 127. The van der Waals surface area contributed by atoms with Gasteiger partial charge < -0.3 is 0 Å². The summed E-state index contributed by atoms with van der Waals surface area (Å²) < 4.78 is 3.06. The molecule has 0 atom stereocenters. The van der Waals surface area contributed by atoms with Gasteiger partial charge in [-0.05, 0) is 70.1 Å². The quantitative estimate of drug-likeness (QED) is 0.798. The molecule has 0 saturated heterocycles. The molecule has 2 aromatic rings. The monoisotopic (exact) mass is 312 g/mol. The molecule has 0 N–H and O–H groups in total. The Morgan fingerprint density at radius 2 is 1.93 bits per heavy atom. The van der Waals surface area contributed by atoms with E-state index in [2.05, 4.69) is 50.2 Å². The fourth-order valence-corrected chi connectivity index (χ4v) is 1.92. The molecule has 1 aliphatic carbocycles. The second-order valence-electron chi connectivity index (χ2n) is 3.70. The lowest BCUT2D eigenvalue weighted by Gasteiger charge is -2.02. The Hall–Kier alpha value is -0.980. The molecule has 0 aliphatic heterocycles. The molecule has 1 heterocycles. The van der Waals surface area contributed by atoms with Crippen LogP contribution in [0.2, 0.25) is 0 Å². The van der Waals surface area contributed by atoms with E-state index in [1.54, 1.807) is 0 Å². The molecule has 1 aromatic carbocycles. The van der Waals surface area contributed by atoms with Crippen molar-refractivity contribution in [1.82, 2.24) is 20.2 Å². The van der Waals surface area contributed by atoms with Crippen LogP contribution in [0.5, 0.6) is 0 Å². The van der Waals surface area contributed by atoms with Crippen LogP contribution in [0.4, 0.5) is 0 Å². The van der Waals surface area contributed by atoms with Gasteiger partial charge in [-0.1, -0.05) is 0 Å². The van der Waals surface area contributed by atoms with Crippen molar-refractivity contribution in [2.24, 2.45) is 0 Å². The summed E-state index contributed by atoms with van der Waals surface area (Å²) in [5.74, 6) is 1.57. The third-order valence-electron chi connectivity index (χ3n) is 2.51. The molecule has 5 heteroatoms. The molecule has 76 valence electrons. The third kappa shape index (κ3) is 1.75. The number of nitrogens with zero attached hydrogens (tertiary/aromatic N) is 4. The van der Waals surface area contributed by atoms with E-state index in [4.69, 9.17) is 0 Å². The Morgan fingerprint density at radius 3 is 2.60 bits per heavy atom. The van der Waals surface area contributed by atoms with E-state index >= 15 is 0 Å². The molecule has 0 spiro atoms. The van der Waals surface area contributed by atoms with Gasteiger partial charge in [-0.3, -0.25) is 0 Å². The van der Waals surface area contributed by atoms with E-state index in [-0.39, 0.29) is 0 Å². The van der Waals surface area contributed by atoms with Crippen molar-refractivity contribution in [1.29, 1.82) is 0 Å². The van der Waals surface area contributed by atoms with Crippen LogP contribution in [0.15, 0.2) is 24.3 Å². The van der Waals surface area contributed by atoms with Gasteiger partial charge in [0.2, 0.25) is 0 Å². The fraction of sp³-hybridized carbons (Fsp3) is 0.300. The summed E-state index contributed by atoms with van der Waals surface area (Å²) in [6, 6.07) is 8.22. The van der Waals surface area contributed by atoms with E-state index < -0.39 is 0 Å². The Kier molecular flexibility index (Phi) is 2.19. The average molecular weight is 312 g/mol. The standard InChI is InChI=1S/C10H9IN4/c11-8-3-5-9(6-4-8)15-10(7-1-2-7)12-13-14-15/h3-7H,1-2H2. The van der Waals surface area contributed by atoms with Crippen molar-refractivity contribution in [3.05, 3.63) is 33.7 Å². The molecule has 1 aromatic heterocycles. The molecular weight excluding hydrogens is 303 g/mol. The lowest BCUT2D eigenvalue weighted by Crippen LogP contribution is -2.01. The number of aromatic nitrogens is 4. The number of halogens is 1. The number of tetrazole rings is 1. The van der Waals surface area contributed by atoms with E-state index in [1.165, 1.54) is 16.4 Å². The minimum absolute atomic E-state index is 0.569. The van der Waals surface area contributed by atoms with Gasteiger partial charge in [0.25, 0.3) is 0 Å². The van der Waals surface area contributed by atoms with Gasteiger partial charge in [-0.15, -0.1) is 5.10 Å². The summed E-state index contributed by atoms with van der Waals surface area (Å²) in [4.78, 5) is 0. The molecule has 0 amide bonds. The molecule has 1 fully saturated rings. The predicted octanol–water partition coefficient (Wildman–Crippen LogP) is 2.14. The van der Waals surface area contributed by atoms with Crippen molar-refractivity contribution in [3.8, 4) is 5.69 Å². The first-order chi connectivity index (χ1) is 7.34. The van der Waals surface area contributed by atoms with Crippen molar-refractivity contribution >= 4 is 22.6 Å². The minimum atomic E-state index is 0.569. The van der Waals surface area contributed by atoms with Gasteiger partial charge >= 0.3 is 0 Å². The van der Waals surface area contributed by atoms with Crippen LogP contribution in [-0.4, -0.2) is 20.2 Å². The van der Waals surface area contributed by atoms with Gasteiger partial charge in [-0.25, -0.2) is 0 Å². The van der Waals surface area contributed by atoms with Crippen molar-refractivity contribution in [2.75, 3.05) is 0 Å². The van der Waals surface area contributed by atoms with Crippen LogP contribution < -0.4 is 0 Å². The average Bonchev–Trinajstić information content (AvgIpc) is 2.98. The largest absolute Gasteiger partial charge is 0.197 e. The summed E-state index contributed by atoms with van der Waals surface area (Å²) in [5, 5.41) is 11.9. The molecule has 4 nitrogen and oxygen atoms in total. The molecule has 15 heavy (non-hydrogen) atoms. The molecule has 3 rings (SSSR count). The first-order valence-corrected chi connectivity index (χ1v) is 5.97. The van der Waals surface area contributed by atoms with Gasteiger partial charge in [0.05, 0.1) is 5.69 Å². The Labute approximate surface area is 101 Å². The van der Waals surface area contributed by atoms with Crippen molar-refractivity contribution < 1.29 is 0 Å². The summed E-state index contributed by atoms with van der Waals surface area (Å²) in [7, 11) is 0. The smallest absolute Gasteiger partial charge is 0.159 e. The highest BCUT2D eigenvalue weighted by Gasteiger charge is 2.29. The highest BCUT2D eigenvalue weighted by molar-refractivity contribution is 14.1. The van der Waals surface area contributed by atoms with Crippen LogP contribution in [0, 0.1) is 3.57 Å². The summed E-state index contributed by atoms with van der Waals surface area (Å²) >= 11 is 2.29. The number of benzene rings is 1. The molecule has 0 radical (unpaired) electrons. The molecule has 1 saturated carbocycles. The number of hydrogen-bond donors (Lipinski definition) is 0. The Balaban J connectivity index is 2.04. The molecule has 1 aliphatic rings. The maximum absolute atomic E-state index is 4.08. The van der Waals surface area contributed by atoms with Gasteiger partial charge in [0, 0.05) is 9.49 Å². The highest BCUT2D eigenvalue weighted by Crippen LogP contribution is 2.39. The second-order valence-corrected chi connectivity index (χ2v) is 4.95. The maximum Gasteiger partial charge on any atom is 0.159 e. The fourth-order valence-electron chi connectivity index (χ4n) is 1.56. The van der Waals surface area contributed by atoms with E-state index in [0.29, 0.717) is 5.92 Å². The van der Waals surface area contributed by atoms with Crippen LogP contribution in [0.3, 0.4) is 0 Å². The van der Waals surface area contributed by atoms with Gasteiger partial charge in [0.15, 0.2) is 5.82 Å². The van der Waals surface area contributed by atoms with Gasteiger partial charge in [0.1, 0.15) is 0 Å². The first-order valence-electron chi connectivity index (χ1n) is 4.89. The lowest BCUT2D eigenvalue weighted by atomic mass is 10.3. The Bertz CT molecular complexity index is 472. The molecule has 0 bridgehead atoms. The predicted molar refractivity (Wildman–Crippen MR) is 63.8 cm³/mol. The van der Waals surface area contributed by atoms with Crippen LogP contribution in [0.1, 0.15) is 24.6 Å². The first kappa shape index (κ1) is 9.26. The number of rotatable bonds is 2. The SMILES string of the molecule is Ic1ccc(-n2nnnc2C2CC2)cc1. The Morgan fingerprint density at radius 1 is 1.20 bits per heavy atom. The summed E-state index contributed by atoms with van der Waals surface area (Å²) in [5.41, 5.74) is 1.04. The zero-order chi connectivity index (χ0) is 10.3. The van der Waals surface area contributed by atoms with Gasteiger partial charge in [-0.2, -0.15) is 4.68 Å².